The van der Waals surface area contributed by atoms with Gasteiger partial charge in [-0.3, -0.25) is 4.79 Å². The SMILES string of the molecule is CC=CC(=O)CCCC1CCC2(CC)C(C(C)=N)CCC23CC(C)C13. The average Bonchev–Trinajstić information content (AvgIpc) is 2.90. The Labute approximate surface area is 154 Å². The number of ketones is 1. The van der Waals surface area contributed by atoms with E-state index in [1.54, 1.807) is 6.08 Å². The number of hydrogen-bond donors (Lipinski definition) is 1. The second kappa shape index (κ2) is 7.00. The molecule has 3 aliphatic rings. The van der Waals surface area contributed by atoms with E-state index in [0.29, 0.717) is 16.7 Å². The molecule has 1 N–H and O–H groups in total. The molecule has 3 saturated carbocycles. The molecule has 6 atom stereocenters. The molecule has 3 rings (SSSR count). The summed E-state index contributed by atoms with van der Waals surface area (Å²) in [5.41, 5.74) is 1.87. The molecule has 0 radical (unpaired) electrons. The van der Waals surface area contributed by atoms with E-state index in [1.807, 2.05) is 13.0 Å². The zero-order valence-corrected chi connectivity index (χ0v) is 16.7. The van der Waals surface area contributed by atoms with Crippen LogP contribution >= 0.6 is 0 Å². The van der Waals surface area contributed by atoms with E-state index < -0.39 is 0 Å². The minimum atomic E-state index is 0.290. The average molecular weight is 344 g/mol. The van der Waals surface area contributed by atoms with Crippen LogP contribution in [0, 0.1) is 39.9 Å². The molecule has 0 aromatic heterocycles. The Hall–Kier alpha value is -0.920. The zero-order chi connectivity index (χ0) is 18.2. The molecule has 0 aromatic carbocycles. The van der Waals surface area contributed by atoms with Crippen LogP contribution in [-0.2, 0) is 4.79 Å². The van der Waals surface area contributed by atoms with Crippen molar-refractivity contribution in [2.45, 2.75) is 85.5 Å². The Morgan fingerprint density at radius 1 is 1.28 bits per heavy atom. The highest BCUT2D eigenvalue weighted by atomic mass is 16.1. The van der Waals surface area contributed by atoms with E-state index in [4.69, 9.17) is 5.41 Å². The van der Waals surface area contributed by atoms with Gasteiger partial charge in [0, 0.05) is 18.1 Å². The third-order valence-electron chi connectivity index (χ3n) is 8.45. The molecule has 0 heterocycles. The van der Waals surface area contributed by atoms with Crippen molar-refractivity contribution in [3.05, 3.63) is 12.2 Å². The van der Waals surface area contributed by atoms with Crippen molar-refractivity contribution in [2.24, 2.45) is 34.5 Å². The van der Waals surface area contributed by atoms with Crippen LogP contribution in [0.25, 0.3) is 0 Å². The minimum Gasteiger partial charge on any atom is -0.310 e. The van der Waals surface area contributed by atoms with Gasteiger partial charge in [0.15, 0.2) is 5.78 Å². The molecule has 140 valence electrons. The van der Waals surface area contributed by atoms with Crippen molar-refractivity contribution in [1.82, 2.24) is 0 Å². The zero-order valence-electron chi connectivity index (χ0n) is 16.7. The molecule has 0 saturated heterocycles. The fourth-order valence-corrected chi connectivity index (χ4v) is 7.80. The fourth-order valence-electron chi connectivity index (χ4n) is 7.80. The van der Waals surface area contributed by atoms with Crippen molar-refractivity contribution in [2.75, 3.05) is 0 Å². The molecule has 0 aliphatic heterocycles. The molecular weight excluding hydrogens is 306 g/mol. The van der Waals surface area contributed by atoms with Gasteiger partial charge in [-0.05, 0) is 99.9 Å². The summed E-state index contributed by atoms with van der Waals surface area (Å²) in [6.45, 7) is 8.82. The van der Waals surface area contributed by atoms with Crippen LogP contribution in [-0.4, -0.2) is 11.5 Å². The van der Waals surface area contributed by atoms with Gasteiger partial charge in [0.1, 0.15) is 0 Å². The van der Waals surface area contributed by atoms with E-state index in [-0.39, 0.29) is 5.78 Å². The lowest BCUT2D eigenvalue weighted by atomic mass is 9.36. The molecule has 0 bridgehead atoms. The summed E-state index contributed by atoms with van der Waals surface area (Å²) < 4.78 is 0. The van der Waals surface area contributed by atoms with Crippen LogP contribution in [0.2, 0.25) is 0 Å². The second-order valence-electron chi connectivity index (χ2n) is 9.30. The van der Waals surface area contributed by atoms with Gasteiger partial charge < -0.3 is 5.41 Å². The standard InChI is InChI=1S/C23H37NO/c1-5-8-19(25)10-7-9-18-11-13-22(6-2)20(17(4)24)12-14-23(22)15-16(3)21(18)23/h5,8,16,18,20-21,24H,6-7,9-15H2,1-4H3. The van der Waals surface area contributed by atoms with E-state index in [9.17, 15) is 4.79 Å². The molecule has 1 spiro atoms. The van der Waals surface area contributed by atoms with E-state index in [1.165, 1.54) is 44.9 Å². The van der Waals surface area contributed by atoms with Gasteiger partial charge in [0.25, 0.3) is 0 Å². The third-order valence-corrected chi connectivity index (χ3v) is 8.45. The van der Waals surface area contributed by atoms with Crippen molar-refractivity contribution in [3.8, 4) is 0 Å². The summed E-state index contributed by atoms with van der Waals surface area (Å²) in [5, 5.41) is 8.37. The number of carbonyl (C=O) groups is 1. The number of carbonyl (C=O) groups excluding carboxylic acids is 1. The molecule has 2 nitrogen and oxygen atoms in total. The predicted octanol–water partition coefficient (Wildman–Crippen LogP) is 6.20. The Bertz CT molecular complexity index is 564. The number of hydrogen-bond acceptors (Lipinski definition) is 2. The lowest BCUT2D eigenvalue weighted by Gasteiger charge is -2.68. The smallest absolute Gasteiger partial charge is 0.155 e. The Balaban J connectivity index is 1.74. The molecule has 2 heteroatoms. The summed E-state index contributed by atoms with van der Waals surface area (Å²) in [5.74, 6) is 3.32. The predicted molar refractivity (Wildman–Crippen MR) is 105 cm³/mol. The Morgan fingerprint density at radius 3 is 2.64 bits per heavy atom. The van der Waals surface area contributed by atoms with Gasteiger partial charge in [-0.15, -0.1) is 0 Å². The Kier molecular flexibility index (Phi) is 5.28. The van der Waals surface area contributed by atoms with Crippen molar-refractivity contribution in [1.29, 1.82) is 5.41 Å². The van der Waals surface area contributed by atoms with Crippen molar-refractivity contribution >= 4 is 11.5 Å². The molecule has 25 heavy (non-hydrogen) atoms. The van der Waals surface area contributed by atoms with Crippen molar-refractivity contribution in [3.63, 3.8) is 0 Å². The van der Waals surface area contributed by atoms with Gasteiger partial charge in [0.2, 0.25) is 0 Å². The Morgan fingerprint density at radius 2 is 2.04 bits per heavy atom. The van der Waals surface area contributed by atoms with E-state index in [0.717, 1.165) is 36.3 Å². The van der Waals surface area contributed by atoms with Gasteiger partial charge in [-0.1, -0.05) is 19.9 Å². The fraction of sp³-hybridized carbons (Fsp3) is 0.826. The lowest BCUT2D eigenvalue weighted by molar-refractivity contribution is -0.190. The van der Waals surface area contributed by atoms with Crippen LogP contribution < -0.4 is 0 Å². The summed E-state index contributed by atoms with van der Waals surface area (Å²) in [4.78, 5) is 11.8. The highest BCUT2D eigenvalue weighted by molar-refractivity contribution is 5.89. The maximum Gasteiger partial charge on any atom is 0.155 e. The minimum absolute atomic E-state index is 0.290. The summed E-state index contributed by atoms with van der Waals surface area (Å²) in [7, 11) is 0. The first-order valence-corrected chi connectivity index (χ1v) is 10.6. The largest absolute Gasteiger partial charge is 0.310 e. The quantitative estimate of drug-likeness (QED) is 0.434. The first-order valence-electron chi connectivity index (χ1n) is 10.6. The van der Waals surface area contributed by atoms with Crippen LogP contribution in [0.4, 0.5) is 0 Å². The molecule has 0 aromatic rings. The van der Waals surface area contributed by atoms with E-state index in [2.05, 4.69) is 20.8 Å². The first-order chi connectivity index (χ1) is 11.9. The van der Waals surface area contributed by atoms with Gasteiger partial charge in [-0.25, -0.2) is 0 Å². The second-order valence-corrected chi connectivity index (χ2v) is 9.30. The highest BCUT2D eigenvalue weighted by Gasteiger charge is 2.70. The third kappa shape index (κ3) is 2.75. The molecule has 3 aliphatic carbocycles. The van der Waals surface area contributed by atoms with Gasteiger partial charge >= 0.3 is 0 Å². The molecule has 0 amide bonds. The monoisotopic (exact) mass is 343 g/mol. The maximum atomic E-state index is 11.8. The van der Waals surface area contributed by atoms with Crippen LogP contribution in [0.5, 0.6) is 0 Å². The summed E-state index contributed by atoms with van der Waals surface area (Å²) in [6, 6.07) is 0. The van der Waals surface area contributed by atoms with Crippen molar-refractivity contribution < 1.29 is 4.79 Å². The van der Waals surface area contributed by atoms with Gasteiger partial charge in [-0.2, -0.15) is 0 Å². The molecule has 6 unspecified atom stereocenters. The molecular formula is C23H37NO. The van der Waals surface area contributed by atoms with Crippen LogP contribution in [0.1, 0.15) is 85.5 Å². The number of nitrogens with one attached hydrogen (secondary N) is 1. The topological polar surface area (TPSA) is 40.9 Å². The van der Waals surface area contributed by atoms with Gasteiger partial charge in [0.05, 0.1) is 0 Å². The lowest BCUT2D eigenvalue weighted by Crippen LogP contribution is -2.61. The summed E-state index contributed by atoms with van der Waals surface area (Å²) >= 11 is 0. The van der Waals surface area contributed by atoms with E-state index >= 15 is 0 Å². The normalized spacial score (nSPS) is 42.7. The van der Waals surface area contributed by atoms with Crippen LogP contribution in [0.15, 0.2) is 12.2 Å². The van der Waals surface area contributed by atoms with Crippen LogP contribution in [0.3, 0.4) is 0 Å². The first kappa shape index (κ1) is 18.9. The maximum absolute atomic E-state index is 11.8. The number of allylic oxidation sites excluding steroid dienone is 2. The number of rotatable bonds is 7. The molecule has 3 fully saturated rings. The summed E-state index contributed by atoms with van der Waals surface area (Å²) in [6.07, 6.45) is 14.5. The highest BCUT2D eigenvalue weighted by Crippen LogP contribution is 2.77.